The average molecular weight is 419 g/mol. The van der Waals surface area contributed by atoms with Crippen LogP contribution in [0.5, 0.6) is 23.0 Å². The molecule has 1 amide bonds. The third kappa shape index (κ3) is 5.28. The van der Waals surface area contributed by atoms with Gasteiger partial charge in [-0.2, -0.15) is 0 Å². The molecule has 160 valence electrons. The summed E-state index contributed by atoms with van der Waals surface area (Å²) >= 11 is 0. The van der Waals surface area contributed by atoms with Crippen molar-refractivity contribution in [2.24, 2.45) is 0 Å². The van der Waals surface area contributed by atoms with Gasteiger partial charge in [-0.15, -0.1) is 0 Å². The van der Waals surface area contributed by atoms with Gasteiger partial charge in [-0.3, -0.25) is 4.79 Å². The Kier molecular flexibility index (Phi) is 6.57. The van der Waals surface area contributed by atoms with E-state index < -0.39 is 0 Å². The van der Waals surface area contributed by atoms with Crippen molar-refractivity contribution in [3.8, 4) is 23.0 Å². The van der Waals surface area contributed by atoms with E-state index in [9.17, 15) is 4.79 Å². The highest BCUT2D eigenvalue weighted by Crippen LogP contribution is 2.40. The maximum Gasteiger partial charge on any atom is 0.251 e. The van der Waals surface area contributed by atoms with Crippen molar-refractivity contribution in [3.63, 3.8) is 0 Å². The van der Waals surface area contributed by atoms with Gasteiger partial charge in [0.15, 0.2) is 11.5 Å². The molecule has 0 aromatic heterocycles. The van der Waals surface area contributed by atoms with Gasteiger partial charge >= 0.3 is 0 Å². The van der Waals surface area contributed by atoms with Crippen LogP contribution in [0.25, 0.3) is 0 Å². The number of carbonyl (C=O) groups excluding carboxylic acids is 1. The highest BCUT2D eigenvalue weighted by Gasteiger charge is 2.20. The second kappa shape index (κ2) is 9.89. The van der Waals surface area contributed by atoms with Crippen molar-refractivity contribution < 1.29 is 23.7 Å². The lowest BCUT2D eigenvalue weighted by atomic mass is 10.1. The first-order chi connectivity index (χ1) is 15.2. The van der Waals surface area contributed by atoms with E-state index in [1.165, 1.54) is 0 Å². The molecule has 6 heteroatoms. The van der Waals surface area contributed by atoms with E-state index >= 15 is 0 Å². The molecule has 6 nitrogen and oxygen atoms in total. The number of methoxy groups -OCH3 is 1. The van der Waals surface area contributed by atoms with Gasteiger partial charge in [0.2, 0.25) is 5.75 Å². The maximum absolute atomic E-state index is 12.6. The van der Waals surface area contributed by atoms with E-state index in [0.29, 0.717) is 55.6 Å². The highest BCUT2D eigenvalue weighted by atomic mass is 16.6. The minimum absolute atomic E-state index is 0.182. The normalized spacial score (nSPS) is 12.2. The minimum atomic E-state index is -0.182. The first-order valence-corrected chi connectivity index (χ1v) is 10.2. The van der Waals surface area contributed by atoms with Crippen LogP contribution in [0.1, 0.15) is 21.5 Å². The summed E-state index contributed by atoms with van der Waals surface area (Å²) < 4.78 is 22.3. The molecule has 0 bridgehead atoms. The van der Waals surface area contributed by atoms with Crippen LogP contribution in [0.4, 0.5) is 0 Å². The van der Waals surface area contributed by atoms with Crippen molar-refractivity contribution >= 4 is 5.91 Å². The summed E-state index contributed by atoms with van der Waals surface area (Å²) in [4.78, 5) is 12.6. The Labute approximate surface area is 181 Å². The zero-order chi connectivity index (χ0) is 21.5. The maximum atomic E-state index is 12.6. The molecule has 0 atom stereocenters. The zero-order valence-electron chi connectivity index (χ0n) is 17.4. The minimum Gasteiger partial charge on any atom is -0.493 e. The van der Waals surface area contributed by atoms with Crippen LogP contribution in [0.3, 0.4) is 0 Å². The van der Waals surface area contributed by atoms with E-state index in [-0.39, 0.29) is 5.91 Å². The summed E-state index contributed by atoms with van der Waals surface area (Å²) in [6.07, 6.45) is 0.715. The quantitative estimate of drug-likeness (QED) is 0.598. The summed E-state index contributed by atoms with van der Waals surface area (Å²) in [5.41, 5.74) is 2.72. The van der Waals surface area contributed by atoms with Gasteiger partial charge in [-0.1, -0.05) is 42.5 Å². The molecule has 1 N–H and O–H groups in total. The zero-order valence-corrected chi connectivity index (χ0v) is 17.4. The molecule has 0 saturated heterocycles. The molecule has 1 aliphatic heterocycles. The van der Waals surface area contributed by atoms with Gasteiger partial charge in [0.1, 0.15) is 25.6 Å². The summed E-state index contributed by atoms with van der Waals surface area (Å²) in [5, 5.41) is 2.94. The van der Waals surface area contributed by atoms with Crippen molar-refractivity contribution in [1.29, 1.82) is 0 Å². The van der Waals surface area contributed by atoms with Crippen molar-refractivity contribution in [1.82, 2.24) is 5.32 Å². The van der Waals surface area contributed by atoms with E-state index in [4.69, 9.17) is 18.9 Å². The van der Waals surface area contributed by atoms with Crippen molar-refractivity contribution in [2.75, 3.05) is 26.9 Å². The third-order valence-electron chi connectivity index (χ3n) is 4.96. The molecule has 31 heavy (non-hydrogen) atoms. The topological polar surface area (TPSA) is 66.0 Å². The third-order valence-corrected chi connectivity index (χ3v) is 4.96. The van der Waals surface area contributed by atoms with Crippen LogP contribution in [-0.4, -0.2) is 32.8 Å². The number of fused-ring (bicyclic) bond motifs is 1. The molecule has 0 unspecified atom stereocenters. The number of nitrogens with one attached hydrogen (secondary N) is 1. The van der Waals surface area contributed by atoms with Gasteiger partial charge in [0, 0.05) is 12.1 Å². The van der Waals surface area contributed by atoms with E-state index in [1.807, 2.05) is 54.6 Å². The van der Waals surface area contributed by atoms with Crippen molar-refractivity contribution in [3.05, 3.63) is 83.4 Å². The monoisotopic (exact) mass is 419 g/mol. The number of carbonyl (C=O) groups is 1. The first-order valence-electron chi connectivity index (χ1n) is 10.2. The predicted molar refractivity (Wildman–Crippen MR) is 117 cm³/mol. The molecular formula is C25H25NO5. The lowest BCUT2D eigenvalue weighted by Crippen LogP contribution is -2.26. The van der Waals surface area contributed by atoms with Gasteiger partial charge < -0.3 is 24.3 Å². The lowest BCUT2D eigenvalue weighted by molar-refractivity contribution is 0.0952. The van der Waals surface area contributed by atoms with Crippen LogP contribution in [0.2, 0.25) is 0 Å². The molecule has 0 aliphatic carbocycles. The molecule has 1 aliphatic rings. The Morgan fingerprint density at radius 1 is 0.968 bits per heavy atom. The van der Waals surface area contributed by atoms with E-state index in [1.54, 1.807) is 19.2 Å². The highest BCUT2D eigenvalue weighted by molar-refractivity contribution is 5.95. The second-order valence-corrected chi connectivity index (χ2v) is 7.13. The number of ether oxygens (including phenoxy) is 4. The lowest BCUT2D eigenvalue weighted by Gasteiger charge is -2.21. The molecule has 0 spiro atoms. The number of amides is 1. The largest absolute Gasteiger partial charge is 0.493 e. The fourth-order valence-electron chi connectivity index (χ4n) is 3.32. The Balaban J connectivity index is 1.28. The summed E-state index contributed by atoms with van der Waals surface area (Å²) in [7, 11) is 1.54. The van der Waals surface area contributed by atoms with Gasteiger partial charge in [0.25, 0.3) is 5.91 Å². The SMILES string of the molecule is COc1cc(C(=O)NCCc2ccc(OCc3ccccc3)cc2)cc2c1OCCO2. The molecule has 1 heterocycles. The van der Waals surface area contributed by atoms with Crippen LogP contribution in [-0.2, 0) is 13.0 Å². The number of hydrogen-bond donors (Lipinski definition) is 1. The molecule has 0 radical (unpaired) electrons. The smallest absolute Gasteiger partial charge is 0.251 e. The Hall–Kier alpha value is -3.67. The van der Waals surface area contributed by atoms with Crippen LogP contribution >= 0.6 is 0 Å². The van der Waals surface area contributed by atoms with Gasteiger partial charge in [0.05, 0.1) is 7.11 Å². The summed E-state index contributed by atoms with van der Waals surface area (Å²) in [5.74, 6) is 2.20. The summed E-state index contributed by atoms with van der Waals surface area (Å²) in [6.45, 7) is 1.96. The van der Waals surface area contributed by atoms with E-state index in [2.05, 4.69) is 5.32 Å². The van der Waals surface area contributed by atoms with E-state index in [0.717, 1.165) is 16.9 Å². The van der Waals surface area contributed by atoms with Gasteiger partial charge in [-0.05, 0) is 41.8 Å². The van der Waals surface area contributed by atoms with Crippen LogP contribution < -0.4 is 24.3 Å². The standard InChI is InChI=1S/C25H25NO5/c1-28-22-15-20(16-23-24(22)30-14-13-29-23)25(27)26-12-11-18-7-9-21(10-8-18)31-17-19-5-3-2-4-6-19/h2-10,15-16H,11-14,17H2,1H3,(H,26,27). The second-order valence-electron chi connectivity index (χ2n) is 7.13. The van der Waals surface area contributed by atoms with Gasteiger partial charge in [-0.25, -0.2) is 0 Å². The fraction of sp³-hybridized carbons (Fsp3) is 0.240. The predicted octanol–water partition coefficient (Wildman–Crippen LogP) is 4.02. The summed E-state index contributed by atoms with van der Waals surface area (Å²) in [6, 6.07) is 21.3. The number of benzene rings is 3. The molecule has 3 aromatic carbocycles. The van der Waals surface area contributed by atoms with Crippen molar-refractivity contribution in [2.45, 2.75) is 13.0 Å². The Morgan fingerprint density at radius 2 is 1.74 bits per heavy atom. The Morgan fingerprint density at radius 3 is 2.52 bits per heavy atom. The fourth-order valence-corrected chi connectivity index (χ4v) is 3.32. The molecule has 4 rings (SSSR count). The molecular weight excluding hydrogens is 394 g/mol. The number of hydrogen-bond acceptors (Lipinski definition) is 5. The molecule has 0 fully saturated rings. The Bertz CT molecular complexity index is 1000. The first kappa shape index (κ1) is 20.6. The molecule has 3 aromatic rings. The average Bonchev–Trinajstić information content (AvgIpc) is 2.83. The molecule has 0 saturated carbocycles. The van der Waals surface area contributed by atoms with Crippen LogP contribution in [0.15, 0.2) is 66.7 Å². The van der Waals surface area contributed by atoms with Crippen LogP contribution in [0, 0.1) is 0 Å². The number of rotatable bonds is 8.